The normalized spacial score (nSPS) is 10.3. The Labute approximate surface area is 121 Å². The van der Waals surface area contributed by atoms with E-state index in [9.17, 15) is 18.7 Å². The molecule has 2 aromatic carbocycles. The first-order chi connectivity index (χ1) is 8.97. The van der Waals surface area contributed by atoms with Gasteiger partial charge in [0.2, 0.25) is 0 Å². The van der Waals surface area contributed by atoms with Crippen LogP contribution < -0.4 is 5.32 Å². The molecule has 0 unspecified atom stereocenters. The van der Waals surface area contributed by atoms with E-state index in [0.717, 1.165) is 15.7 Å². The SMILES string of the molecule is O=C(Nc1ccc(F)c(F)c1)c1cc(I)ccc1O. The number of nitrogens with one attached hydrogen (secondary N) is 1. The topological polar surface area (TPSA) is 49.3 Å². The first kappa shape index (κ1) is 13.7. The van der Waals surface area contributed by atoms with Crippen molar-refractivity contribution in [3.63, 3.8) is 0 Å². The third-order valence-electron chi connectivity index (χ3n) is 2.38. The van der Waals surface area contributed by atoms with Crippen molar-refractivity contribution in [1.29, 1.82) is 0 Å². The molecule has 0 fully saturated rings. The van der Waals surface area contributed by atoms with E-state index in [1.165, 1.54) is 18.2 Å². The molecule has 6 heteroatoms. The van der Waals surface area contributed by atoms with Gasteiger partial charge >= 0.3 is 0 Å². The summed E-state index contributed by atoms with van der Waals surface area (Å²) >= 11 is 2.00. The van der Waals surface area contributed by atoms with Crippen molar-refractivity contribution in [2.45, 2.75) is 0 Å². The molecular weight excluding hydrogens is 367 g/mol. The molecule has 0 saturated carbocycles. The Morgan fingerprint density at radius 3 is 2.53 bits per heavy atom. The molecule has 19 heavy (non-hydrogen) atoms. The van der Waals surface area contributed by atoms with E-state index in [1.54, 1.807) is 6.07 Å². The molecule has 2 aromatic rings. The van der Waals surface area contributed by atoms with E-state index in [2.05, 4.69) is 5.32 Å². The summed E-state index contributed by atoms with van der Waals surface area (Å²) in [4.78, 5) is 11.9. The maximum Gasteiger partial charge on any atom is 0.259 e. The summed E-state index contributed by atoms with van der Waals surface area (Å²) in [6.07, 6.45) is 0. The molecule has 0 aliphatic carbocycles. The lowest BCUT2D eigenvalue weighted by atomic mass is 10.2. The Balaban J connectivity index is 2.25. The fourth-order valence-corrected chi connectivity index (χ4v) is 1.95. The average molecular weight is 375 g/mol. The summed E-state index contributed by atoms with van der Waals surface area (Å²) in [5.41, 5.74) is 0.179. The number of anilines is 1. The Hall–Kier alpha value is -1.70. The van der Waals surface area contributed by atoms with Crippen molar-refractivity contribution in [2.24, 2.45) is 0 Å². The van der Waals surface area contributed by atoms with Gasteiger partial charge in [0, 0.05) is 15.3 Å². The number of phenols is 1. The molecule has 2 N–H and O–H groups in total. The molecule has 0 atom stereocenters. The number of rotatable bonds is 2. The number of hydrogen-bond acceptors (Lipinski definition) is 2. The predicted octanol–water partition coefficient (Wildman–Crippen LogP) is 3.53. The van der Waals surface area contributed by atoms with Crippen molar-refractivity contribution in [3.05, 3.63) is 57.2 Å². The van der Waals surface area contributed by atoms with E-state index in [-0.39, 0.29) is 17.0 Å². The van der Waals surface area contributed by atoms with Crippen LogP contribution >= 0.6 is 22.6 Å². The van der Waals surface area contributed by atoms with Gasteiger partial charge in [-0.1, -0.05) is 0 Å². The van der Waals surface area contributed by atoms with Gasteiger partial charge in [0.25, 0.3) is 5.91 Å². The van der Waals surface area contributed by atoms with Gasteiger partial charge in [0.15, 0.2) is 11.6 Å². The summed E-state index contributed by atoms with van der Waals surface area (Å²) in [6.45, 7) is 0. The molecule has 0 aliphatic heterocycles. The maximum absolute atomic E-state index is 13.0. The molecule has 0 aliphatic rings. The maximum atomic E-state index is 13.0. The van der Waals surface area contributed by atoms with Crippen LogP contribution in [0, 0.1) is 15.2 Å². The standard InChI is InChI=1S/C13H8F2INO2/c14-10-3-2-8(6-11(10)15)17-13(19)9-5-7(16)1-4-12(9)18/h1-6,18H,(H,17,19). The zero-order chi connectivity index (χ0) is 14.0. The van der Waals surface area contributed by atoms with Crippen molar-refractivity contribution >= 4 is 34.2 Å². The van der Waals surface area contributed by atoms with Crippen LogP contribution in [0.2, 0.25) is 0 Å². The summed E-state index contributed by atoms with van der Waals surface area (Å²) in [5.74, 6) is -2.82. The molecule has 1 amide bonds. The van der Waals surface area contributed by atoms with Crippen LogP contribution in [-0.4, -0.2) is 11.0 Å². The minimum Gasteiger partial charge on any atom is -0.507 e. The van der Waals surface area contributed by atoms with E-state index in [1.807, 2.05) is 22.6 Å². The van der Waals surface area contributed by atoms with Crippen molar-refractivity contribution in [2.75, 3.05) is 5.32 Å². The molecule has 0 bridgehead atoms. The van der Waals surface area contributed by atoms with Crippen LogP contribution in [0.1, 0.15) is 10.4 Å². The van der Waals surface area contributed by atoms with Crippen LogP contribution in [0.25, 0.3) is 0 Å². The van der Waals surface area contributed by atoms with E-state index in [0.29, 0.717) is 0 Å². The highest BCUT2D eigenvalue weighted by molar-refractivity contribution is 14.1. The number of benzene rings is 2. The van der Waals surface area contributed by atoms with Crippen LogP contribution in [-0.2, 0) is 0 Å². The van der Waals surface area contributed by atoms with Gasteiger partial charge in [0.1, 0.15) is 5.75 Å². The second kappa shape index (κ2) is 5.52. The number of hydrogen-bond donors (Lipinski definition) is 2. The van der Waals surface area contributed by atoms with Crippen LogP contribution in [0.5, 0.6) is 5.75 Å². The third-order valence-corrected chi connectivity index (χ3v) is 3.05. The summed E-state index contributed by atoms with van der Waals surface area (Å²) < 4.78 is 26.5. The van der Waals surface area contributed by atoms with E-state index >= 15 is 0 Å². The van der Waals surface area contributed by atoms with Crippen molar-refractivity contribution < 1.29 is 18.7 Å². The Kier molecular flexibility index (Phi) is 3.98. The lowest BCUT2D eigenvalue weighted by Gasteiger charge is -2.07. The quantitative estimate of drug-likeness (QED) is 0.790. The molecule has 3 nitrogen and oxygen atoms in total. The Morgan fingerprint density at radius 1 is 1.11 bits per heavy atom. The fourth-order valence-electron chi connectivity index (χ4n) is 1.46. The minimum absolute atomic E-state index is 0.0663. The predicted molar refractivity (Wildman–Crippen MR) is 75.1 cm³/mol. The number of amides is 1. The van der Waals surface area contributed by atoms with E-state index in [4.69, 9.17) is 0 Å². The average Bonchev–Trinajstić information content (AvgIpc) is 2.36. The second-order valence-electron chi connectivity index (χ2n) is 3.74. The Morgan fingerprint density at radius 2 is 1.84 bits per heavy atom. The highest BCUT2D eigenvalue weighted by Crippen LogP contribution is 2.21. The Bertz CT molecular complexity index is 647. The molecule has 2 rings (SSSR count). The third kappa shape index (κ3) is 3.19. The van der Waals surface area contributed by atoms with Crippen molar-refractivity contribution in [1.82, 2.24) is 0 Å². The first-order valence-corrected chi connectivity index (χ1v) is 6.30. The lowest BCUT2D eigenvalue weighted by molar-refractivity contribution is 0.102. The van der Waals surface area contributed by atoms with Gasteiger partial charge in [-0.2, -0.15) is 0 Å². The number of halogens is 3. The highest BCUT2D eigenvalue weighted by atomic mass is 127. The number of carbonyl (C=O) groups is 1. The van der Waals surface area contributed by atoms with Gasteiger partial charge in [-0.15, -0.1) is 0 Å². The number of aromatic hydroxyl groups is 1. The van der Waals surface area contributed by atoms with Crippen molar-refractivity contribution in [3.8, 4) is 5.75 Å². The minimum atomic E-state index is -1.05. The molecule has 98 valence electrons. The van der Waals surface area contributed by atoms with Gasteiger partial charge < -0.3 is 10.4 Å². The van der Waals surface area contributed by atoms with Gasteiger partial charge in [-0.3, -0.25) is 4.79 Å². The zero-order valence-electron chi connectivity index (χ0n) is 9.45. The second-order valence-corrected chi connectivity index (χ2v) is 4.99. The lowest BCUT2D eigenvalue weighted by Crippen LogP contribution is -2.12. The zero-order valence-corrected chi connectivity index (χ0v) is 11.6. The highest BCUT2D eigenvalue weighted by Gasteiger charge is 2.12. The smallest absolute Gasteiger partial charge is 0.259 e. The van der Waals surface area contributed by atoms with Gasteiger partial charge in [-0.05, 0) is 52.9 Å². The molecule has 0 radical (unpaired) electrons. The molecule has 0 aromatic heterocycles. The van der Waals surface area contributed by atoms with Crippen LogP contribution in [0.4, 0.5) is 14.5 Å². The first-order valence-electron chi connectivity index (χ1n) is 5.22. The monoisotopic (exact) mass is 375 g/mol. The van der Waals surface area contributed by atoms with E-state index < -0.39 is 17.5 Å². The van der Waals surface area contributed by atoms with Crippen LogP contribution in [0.3, 0.4) is 0 Å². The number of carbonyl (C=O) groups excluding carboxylic acids is 1. The van der Waals surface area contributed by atoms with Gasteiger partial charge in [-0.25, -0.2) is 8.78 Å². The van der Waals surface area contributed by atoms with Gasteiger partial charge in [0.05, 0.1) is 5.56 Å². The largest absolute Gasteiger partial charge is 0.507 e. The number of phenolic OH excluding ortho intramolecular Hbond substituents is 1. The molecule has 0 saturated heterocycles. The molecular formula is C13H8F2INO2. The molecule has 0 heterocycles. The summed E-state index contributed by atoms with van der Waals surface area (Å²) in [6, 6.07) is 7.55. The summed E-state index contributed by atoms with van der Waals surface area (Å²) in [5, 5.41) is 12.0. The fraction of sp³-hybridized carbons (Fsp3) is 0. The van der Waals surface area contributed by atoms with Crippen LogP contribution in [0.15, 0.2) is 36.4 Å². The molecule has 0 spiro atoms. The summed E-state index contributed by atoms with van der Waals surface area (Å²) in [7, 11) is 0.